The van der Waals surface area contributed by atoms with Gasteiger partial charge in [-0.2, -0.15) is 0 Å². The number of aromatic nitrogens is 1. The monoisotopic (exact) mass is 297 g/mol. The topological polar surface area (TPSA) is 50.9 Å². The molecule has 0 bridgehead atoms. The molecule has 0 aromatic carbocycles. The molecule has 2 rings (SSSR count). The third-order valence-electron chi connectivity index (χ3n) is 3.98. The number of halogens is 1. The van der Waals surface area contributed by atoms with Crippen molar-refractivity contribution in [1.82, 2.24) is 4.98 Å². The minimum atomic E-state index is 0.467. The Balaban J connectivity index is 2.06. The van der Waals surface area contributed by atoms with E-state index in [0.717, 1.165) is 16.7 Å². The van der Waals surface area contributed by atoms with E-state index in [-0.39, 0.29) is 0 Å². The van der Waals surface area contributed by atoms with Crippen molar-refractivity contribution in [2.45, 2.75) is 39.0 Å². The van der Waals surface area contributed by atoms with Crippen molar-refractivity contribution in [3.63, 3.8) is 0 Å². The summed E-state index contributed by atoms with van der Waals surface area (Å²) in [5.41, 5.74) is 8.10. The van der Waals surface area contributed by atoms with E-state index in [0.29, 0.717) is 11.1 Å². The standard InChI is InChI=1S/C13H20BrN3/c1-2-13(5-3-4-6-13)9-17-12-10(14)7-16-8-11(12)15/h7-8H,2-6,9,15H2,1H3,(H,16,17). The van der Waals surface area contributed by atoms with Crippen molar-refractivity contribution in [2.75, 3.05) is 17.6 Å². The van der Waals surface area contributed by atoms with Crippen LogP contribution in [0.3, 0.4) is 0 Å². The molecule has 1 fully saturated rings. The third-order valence-corrected chi connectivity index (χ3v) is 4.58. The van der Waals surface area contributed by atoms with Crippen molar-refractivity contribution in [1.29, 1.82) is 0 Å². The molecule has 3 nitrogen and oxygen atoms in total. The summed E-state index contributed by atoms with van der Waals surface area (Å²) in [5, 5.41) is 3.50. The fourth-order valence-corrected chi connectivity index (χ4v) is 3.18. The normalized spacial score (nSPS) is 18.2. The average molecular weight is 298 g/mol. The van der Waals surface area contributed by atoms with Crippen molar-refractivity contribution in [3.8, 4) is 0 Å². The molecule has 0 saturated heterocycles. The maximum atomic E-state index is 5.94. The van der Waals surface area contributed by atoms with Gasteiger partial charge in [-0.25, -0.2) is 0 Å². The first-order chi connectivity index (χ1) is 8.17. The van der Waals surface area contributed by atoms with Gasteiger partial charge in [-0.15, -0.1) is 0 Å². The molecule has 94 valence electrons. The predicted molar refractivity (Wildman–Crippen MR) is 76.0 cm³/mol. The summed E-state index contributed by atoms with van der Waals surface area (Å²) in [6.45, 7) is 3.30. The maximum Gasteiger partial charge on any atom is 0.0750 e. The van der Waals surface area contributed by atoms with Crippen LogP contribution in [0.25, 0.3) is 0 Å². The SMILES string of the molecule is CCC1(CNc2c(N)cncc2Br)CCCC1. The highest BCUT2D eigenvalue weighted by molar-refractivity contribution is 9.10. The average Bonchev–Trinajstić information content (AvgIpc) is 2.78. The number of rotatable bonds is 4. The lowest BCUT2D eigenvalue weighted by atomic mass is 9.83. The minimum absolute atomic E-state index is 0.467. The van der Waals surface area contributed by atoms with Crippen LogP contribution in [0.1, 0.15) is 39.0 Å². The first kappa shape index (κ1) is 12.7. The van der Waals surface area contributed by atoms with Gasteiger partial charge >= 0.3 is 0 Å². The zero-order chi connectivity index (χ0) is 12.3. The number of pyridine rings is 1. The summed E-state index contributed by atoms with van der Waals surface area (Å²) in [6.07, 6.45) is 10.1. The molecular formula is C13H20BrN3. The zero-order valence-electron chi connectivity index (χ0n) is 10.3. The Morgan fingerprint density at radius 3 is 2.71 bits per heavy atom. The van der Waals surface area contributed by atoms with Gasteiger partial charge in [0.1, 0.15) is 0 Å². The first-order valence-corrected chi connectivity index (χ1v) is 7.09. The lowest BCUT2D eigenvalue weighted by molar-refractivity contribution is 0.307. The van der Waals surface area contributed by atoms with Crippen molar-refractivity contribution in [2.24, 2.45) is 5.41 Å². The second kappa shape index (κ2) is 5.25. The second-order valence-corrected chi connectivity index (χ2v) is 5.85. The van der Waals surface area contributed by atoms with E-state index in [9.17, 15) is 0 Å². The number of nitrogens with zero attached hydrogens (tertiary/aromatic N) is 1. The smallest absolute Gasteiger partial charge is 0.0750 e. The van der Waals surface area contributed by atoms with Gasteiger partial charge in [0, 0.05) is 12.7 Å². The molecule has 4 heteroatoms. The quantitative estimate of drug-likeness (QED) is 0.888. The number of hydrogen-bond donors (Lipinski definition) is 2. The van der Waals surface area contributed by atoms with Gasteiger partial charge < -0.3 is 11.1 Å². The molecule has 1 aliphatic carbocycles. The molecule has 0 unspecified atom stereocenters. The van der Waals surface area contributed by atoms with Crippen LogP contribution in [0.15, 0.2) is 16.9 Å². The van der Waals surface area contributed by atoms with E-state index in [1.165, 1.54) is 32.1 Å². The molecule has 1 aromatic heterocycles. The van der Waals surface area contributed by atoms with E-state index in [1.807, 2.05) is 0 Å². The molecule has 17 heavy (non-hydrogen) atoms. The van der Waals surface area contributed by atoms with Crippen LogP contribution in [0, 0.1) is 5.41 Å². The highest BCUT2D eigenvalue weighted by Gasteiger charge is 2.31. The number of nitrogens with two attached hydrogens (primary N) is 1. The number of nitrogens with one attached hydrogen (secondary N) is 1. The van der Waals surface area contributed by atoms with Gasteiger partial charge in [0.15, 0.2) is 0 Å². The van der Waals surface area contributed by atoms with Crippen LogP contribution in [0.5, 0.6) is 0 Å². The fraction of sp³-hybridized carbons (Fsp3) is 0.615. The first-order valence-electron chi connectivity index (χ1n) is 6.30. The van der Waals surface area contributed by atoms with Crippen molar-refractivity contribution >= 4 is 27.3 Å². The summed E-state index contributed by atoms with van der Waals surface area (Å²) in [4.78, 5) is 4.05. The Morgan fingerprint density at radius 1 is 1.41 bits per heavy atom. The number of nitrogen functional groups attached to an aromatic ring is 1. The molecular weight excluding hydrogens is 278 g/mol. The second-order valence-electron chi connectivity index (χ2n) is 5.00. The highest BCUT2D eigenvalue weighted by Crippen LogP contribution is 2.41. The van der Waals surface area contributed by atoms with E-state index >= 15 is 0 Å². The van der Waals surface area contributed by atoms with Crippen LogP contribution < -0.4 is 11.1 Å². The minimum Gasteiger partial charge on any atom is -0.396 e. The van der Waals surface area contributed by atoms with Crippen molar-refractivity contribution < 1.29 is 0 Å². The Labute approximate surface area is 111 Å². The summed E-state index contributed by atoms with van der Waals surface area (Å²) in [6, 6.07) is 0. The molecule has 1 heterocycles. The molecule has 1 aromatic rings. The lowest BCUT2D eigenvalue weighted by Crippen LogP contribution is -2.26. The highest BCUT2D eigenvalue weighted by atomic mass is 79.9. The summed E-state index contributed by atoms with van der Waals surface area (Å²) >= 11 is 3.49. The Morgan fingerprint density at radius 2 is 2.12 bits per heavy atom. The van der Waals surface area contributed by atoms with Crippen molar-refractivity contribution in [3.05, 3.63) is 16.9 Å². The maximum absolute atomic E-state index is 5.94. The Hall–Kier alpha value is -0.770. The molecule has 0 atom stereocenters. The van der Waals surface area contributed by atoms with Crippen LogP contribution in [-0.4, -0.2) is 11.5 Å². The Kier molecular flexibility index (Phi) is 3.92. The number of anilines is 2. The molecule has 0 amide bonds. The van der Waals surface area contributed by atoms with Gasteiger partial charge in [0.05, 0.1) is 22.0 Å². The van der Waals surface area contributed by atoms with E-state index in [2.05, 4.69) is 33.2 Å². The van der Waals surface area contributed by atoms with Crippen LogP contribution in [0.2, 0.25) is 0 Å². The predicted octanol–water partition coefficient (Wildman–Crippen LogP) is 3.81. The number of hydrogen-bond acceptors (Lipinski definition) is 3. The van der Waals surface area contributed by atoms with Crippen LogP contribution in [-0.2, 0) is 0 Å². The van der Waals surface area contributed by atoms with Crippen LogP contribution in [0.4, 0.5) is 11.4 Å². The van der Waals surface area contributed by atoms with E-state index < -0.39 is 0 Å². The van der Waals surface area contributed by atoms with Gasteiger partial charge in [-0.1, -0.05) is 19.8 Å². The van der Waals surface area contributed by atoms with E-state index in [1.54, 1.807) is 12.4 Å². The largest absolute Gasteiger partial charge is 0.396 e. The van der Waals surface area contributed by atoms with Gasteiger partial charge in [-0.05, 0) is 40.6 Å². The summed E-state index contributed by atoms with van der Waals surface area (Å²) < 4.78 is 0.946. The lowest BCUT2D eigenvalue weighted by Gasteiger charge is -2.28. The van der Waals surface area contributed by atoms with Gasteiger partial charge in [0.25, 0.3) is 0 Å². The van der Waals surface area contributed by atoms with Gasteiger partial charge in [-0.3, -0.25) is 4.98 Å². The molecule has 0 aliphatic heterocycles. The molecule has 0 radical (unpaired) electrons. The van der Waals surface area contributed by atoms with Crippen LogP contribution >= 0.6 is 15.9 Å². The molecule has 0 spiro atoms. The summed E-state index contributed by atoms with van der Waals surface area (Å²) in [5.74, 6) is 0. The Bertz CT molecular complexity index is 366. The third kappa shape index (κ3) is 2.73. The molecule has 3 N–H and O–H groups in total. The zero-order valence-corrected chi connectivity index (χ0v) is 11.9. The fourth-order valence-electron chi connectivity index (χ4n) is 2.69. The molecule has 1 aliphatic rings. The summed E-state index contributed by atoms with van der Waals surface area (Å²) in [7, 11) is 0. The van der Waals surface area contributed by atoms with Gasteiger partial charge in [0.2, 0.25) is 0 Å². The van der Waals surface area contributed by atoms with E-state index in [4.69, 9.17) is 5.73 Å². The molecule has 1 saturated carbocycles.